The molecule has 0 saturated heterocycles. The normalized spacial score (nSPS) is 11.3. The highest BCUT2D eigenvalue weighted by atomic mass is 31.1. The lowest BCUT2D eigenvalue weighted by atomic mass is 10.5. The first-order valence-electron chi connectivity index (χ1n) is 6.25. The van der Waals surface area contributed by atoms with Gasteiger partial charge in [-0.25, -0.2) is 14.9 Å². The van der Waals surface area contributed by atoms with Crippen LogP contribution in [0.15, 0.2) is 24.3 Å². The van der Waals surface area contributed by atoms with E-state index < -0.39 is 13.6 Å². The molecule has 6 nitrogen and oxygen atoms in total. The van der Waals surface area contributed by atoms with Gasteiger partial charge in [-0.2, -0.15) is 0 Å². The largest absolute Gasteiger partial charge is 0.580 e. The van der Waals surface area contributed by atoms with Crippen molar-refractivity contribution in [1.29, 1.82) is 0 Å². The van der Waals surface area contributed by atoms with Crippen molar-refractivity contribution in [2.24, 2.45) is 0 Å². The van der Waals surface area contributed by atoms with E-state index in [0.717, 1.165) is 22.8 Å². The molecule has 0 aliphatic carbocycles. The van der Waals surface area contributed by atoms with Gasteiger partial charge in [0, 0.05) is 22.8 Å². The van der Waals surface area contributed by atoms with Gasteiger partial charge in [0.25, 0.3) is 0 Å². The monoisotopic (exact) mass is 293 g/mol. The molecule has 2 heterocycles. The Balaban J connectivity index is 2.09. The van der Waals surface area contributed by atoms with Crippen LogP contribution in [0.1, 0.15) is 22.8 Å². The van der Waals surface area contributed by atoms with Crippen LogP contribution in [0.3, 0.4) is 0 Å². The number of nitrogens with one attached hydrogen (secondary N) is 2. The summed E-state index contributed by atoms with van der Waals surface area (Å²) in [4.78, 5) is 12.0. The van der Waals surface area contributed by atoms with Crippen molar-refractivity contribution >= 4 is 13.6 Å². The molecule has 0 aliphatic heterocycles. The first kappa shape index (κ1) is 14.3. The van der Waals surface area contributed by atoms with Crippen molar-refractivity contribution in [3.63, 3.8) is 0 Å². The zero-order valence-electron chi connectivity index (χ0n) is 12.0. The number of carbonyl (C=O) groups is 1. The van der Waals surface area contributed by atoms with E-state index in [-0.39, 0.29) is 0 Å². The molecule has 1 unspecified atom stereocenters. The molecule has 1 atom stereocenters. The van der Waals surface area contributed by atoms with E-state index >= 15 is 0 Å². The molecule has 0 bridgehead atoms. The second-order valence-corrected chi connectivity index (χ2v) is 5.91. The molecule has 1 amide bonds. The maximum atomic E-state index is 12.1. The Morgan fingerprint density at radius 3 is 1.75 bits per heavy atom. The fraction of sp³-hybridized carbons (Fsp3) is 0.308. The third-order valence-corrected chi connectivity index (χ3v) is 3.98. The first-order chi connectivity index (χ1) is 9.40. The Morgan fingerprint density at radius 2 is 1.30 bits per heavy atom. The molecule has 2 aromatic heterocycles. The predicted octanol–water partition coefficient (Wildman–Crippen LogP) is 3.17. The van der Waals surface area contributed by atoms with Gasteiger partial charge in [-0.3, -0.25) is 4.68 Å². The predicted molar refractivity (Wildman–Crippen MR) is 79.5 cm³/mol. The summed E-state index contributed by atoms with van der Waals surface area (Å²) in [7, 11) is -2.26. The van der Waals surface area contributed by atoms with Gasteiger partial charge in [-0.05, 0) is 56.5 Å². The van der Waals surface area contributed by atoms with Crippen molar-refractivity contribution in [3.05, 3.63) is 47.0 Å². The highest BCUT2D eigenvalue weighted by molar-refractivity contribution is 7.64. The molecule has 0 spiro atoms. The summed E-state index contributed by atoms with van der Waals surface area (Å²) in [5.41, 5.74) is 5.62. The van der Waals surface area contributed by atoms with Crippen LogP contribution in [-0.4, -0.2) is 15.0 Å². The Morgan fingerprint density at radius 1 is 0.900 bits per heavy atom. The number of aryl methyl sites for hydroxylation is 4. The van der Waals surface area contributed by atoms with Gasteiger partial charge in [0.05, 0.1) is 0 Å². The lowest BCUT2D eigenvalue weighted by molar-refractivity contribution is 0.266. The summed E-state index contributed by atoms with van der Waals surface area (Å²) < 4.78 is 15.3. The average Bonchev–Trinajstić information content (AvgIpc) is 2.88. The highest BCUT2D eigenvalue weighted by Gasteiger charge is 2.31. The molecule has 7 heteroatoms. The average molecular weight is 293 g/mol. The minimum atomic E-state index is -2.26. The molecule has 2 N–H and O–H groups in total. The number of rotatable bonds is 4. The van der Waals surface area contributed by atoms with E-state index in [2.05, 4.69) is 10.6 Å². The van der Waals surface area contributed by atoms with Crippen LogP contribution in [0, 0.1) is 27.7 Å². The Kier molecular flexibility index (Phi) is 3.95. The minimum Gasteiger partial charge on any atom is -0.259 e. The van der Waals surface area contributed by atoms with E-state index in [1.165, 1.54) is 0 Å². The minimum absolute atomic E-state index is 0.560. The van der Waals surface area contributed by atoms with Gasteiger partial charge in [0.2, 0.25) is 0 Å². The van der Waals surface area contributed by atoms with Crippen molar-refractivity contribution in [1.82, 2.24) is 9.35 Å². The molecule has 106 valence electrons. The summed E-state index contributed by atoms with van der Waals surface area (Å²) in [5, 5.41) is 2.71. The highest BCUT2D eigenvalue weighted by Crippen LogP contribution is 2.21. The van der Waals surface area contributed by atoms with Crippen LogP contribution >= 0.6 is 7.95 Å². The topological polar surface area (TPSA) is 68.1 Å². The molecule has 0 aliphatic rings. The standard InChI is InChI=1S/C13H17N4O2P/c1-9-5-6-10(2)16(9)14-13(18)20(19)15-17-11(3)7-8-12(17)4/h5-8H,1-4H3,(H-,14,15,18,19)/p+1. The summed E-state index contributed by atoms with van der Waals surface area (Å²) in [5.74, 6) is 0. The quantitative estimate of drug-likeness (QED) is 0.851. The van der Waals surface area contributed by atoms with Gasteiger partial charge >= 0.3 is 13.6 Å². The third kappa shape index (κ3) is 2.75. The van der Waals surface area contributed by atoms with Crippen LogP contribution in [0.25, 0.3) is 0 Å². The second-order valence-electron chi connectivity index (χ2n) is 4.71. The number of hydrogen-bond donors (Lipinski definition) is 2. The van der Waals surface area contributed by atoms with Gasteiger partial charge in [0.15, 0.2) is 0 Å². The second kappa shape index (κ2) is 5.51. The smallest absolute Gasteiger partial charge is 0.259 e. The molecule has 2 aromatic rings. The van der Waals surface area contributed by atoms with Crippen LogP contribution < -0.4 is 10.6 Å². The number of hydrogen-bond acceptors (Lipinski definition) is 2. The molecule has 0 radical (unpaired) electrons. The molecular formula is C13H18N4O2P+. The zero-order valence-corrected chi connectivity index (χ0v) is 12.9. The maximum Gasteiger partial charge on any atom is 0.580 e. The van der Waals surface area contributed by atoms with Crippen molar-refractivity contribution in [3.8, 4) is 0 Å². The van der Waals surface area contributed by atoms with E-state index in [1.54, 1.807) is 9.35 Å². The lowest BCUT2D eigenvalue weighted by Gasteiger charge is -2.07. The SMILES string of the molecule is Cc1ccc(C)n1NC(=O)[P+](=O)Nn1c(C)ccc1C. The Labute approximate surface area is 118 Å². The van der Waals surface area contributed by atoms with E-state index in [4.69, 9.17) is 0 Å². The van der Waals surface area contributed by atoms with E-state index in [9.17, 15) is 9.36 Å². The fourth-order valence-electron chi connectivity index (χ4n) is 1.95. The van der Waals surface area contributed by atoms with E-state index in [1.807, 2.05) is 52.0 Å². The molecule has 0 fully saturated rings. The lowest BCUT2D eigenvalue weighted by Crippen LogP contribution is -2.24. The molecule has 20 heavy (non-hydrogen) atoms. The summed E-state index contributed by atoms with van der Waals surface area (Å²) >= 11 is 0. The first-order valence-corrected chi connectivity index (χ1v) is 7.51. The van der Waals surface area contributed by atoms with Crippen LogP contribution in [0.2, 0.25) is 0 Å². The van der Waals surface area contributed by atoms with Crippen LogP contribution in [0.4, 0.5) is 4.79 Å². The van der Waals surface area contributed by atoms with Gasteiger partial charge in [-0.15, -0.1) is 5.20 Å². The molecule has 0 saturated carbocycles. The number of aromatic nitrogens is 2. The number of carbonyl (C=O) groups excluding carboxylic acids is 1. The van der Waals surface area contributed by atoms with Gasteiger partial charge in [-0.1, -0.05) is 0 Å². The van der Waals surface area contributed by atoms with Gasteiger partial charge < -0.3 is 0 Å². The Bertz CT molecular complexity index is 575. The summed E-state index contributed by atoms with van der Waals surface area (Å²) in [6, 6.07) is 7.56. The number of amides is 1. The summed E-state index contributed by atoms with van der Waals surface area (Å²) in [6.07, 6.45) is 0. The van der Waals surface area contributed by atoms with Crippen molar-refractivity contribution in [2.75, 3.05) is 10.6 Å². The van der Waals surface area contributed by atoms with Crippen LogP contribution in [0.5, 0.6) is 0 Å². The number of nitrogens with zero attached hydrogens (tertiary/aromatic N) is 2. The Hall–Kier alpha value is -2.07. The van der Waals surface area contributed by atoms with Crippen molar-refractivity contribution in [2.45, 2.75) is 27.7 Å². The summed E-state index contributed by atoms with van der Waals surface area (Å²) in [6.45, 7) is 7.49. The van der Waals surface area contributed by atoms with Gasteiger partial charge in [0.1, 0.15) is 0 Å². The fourth-order valence-corrected chi connectivity index (χ4v) is 2.73. The maximum absolute atomic E-state index is 12.1. The molecular weight excluding hydrogens is 275 g/mol. The third-order valence-electron chi connectivity index (χ3n) is 3.13. The molecule has 0 aromatic carbocycles. The van der Waals surface area contributed by atoms with Crippen LogP contribution in [-0.2, 0) is 4.57 Å². The zero-order chi connectivity index (χ0) is 14.9. The van der Waals surface area contributed by atoms with Crippen molar-refractivity contribution < 1.29 is 9.36 Å². The van der Waals surface area contributed by atoms with E-state index in [0.29, 0.717) is 0 Å². The molecule has 2 rings (SSSR count).